The normalized spacial score (nSPS) is 11.5. The van der Waals surface area contributed by atoms with E-state index >= 15 is 0 Å². The van der Waals surface area contributed by atoms with Crippen LogP contribution in [0.3, 0.4) is 0 Å². The minimum absolute atomic E-state index is 0.112. The van der Waals surface area contributed by atoms with E-state index in [4.69, 9.17) is 0 Å². The number of halogens is 3. The first-order chi connectivity index (χ1) is 17.1. The van der Waals surface area contributed by atoms with E-state index in [-0.39, 0.29) is 17.6 Å². The first-order valence-corrected chi connectivity index (χ1v) is 11.3. The molecule has 1 aromatic heterocycles. The molecule has 6 nitrogen and oxygen atoms in total. The van der Waals surface area contributed by atoms with Gasteiger partial charge < -0.3 is 10.1 Å². The zero-order chi connectivity index (χ0) is 25.9. The SMILES string of the molecule is Cc1ccc(C(C)C)c(C(=O)NCc2ccc(-c3ncn(-c4ccc(OC(F)(F)F)cc4)n3)cc2)c1. The van der Waals surface area contributed by atoms with E-state index in [0.717, 1.165) is 22.3 Å². The fourth-order valence-electron chi connectivity index (χ4n) is 3.74. The molecule has 0 radical (unpaired) electrons. The zero-order valence-electron chi connectivity index (χ0n) is 20.0. The van der Waals surface area contributed by atoms with Crippen molar-refractivity contribution in [2.75, 3.05) is 0 Å². The molecule has 1 N–H and O–H groups in total. The predicted molar refractivity (Wildman–Crippen MR) is 130 cm³/mol. The van der Waals surface area contributed by atoms with E-state index in [1.165, 1.54) is 35.3 Å². The lowest BCUT2D eigenvalue weighted by atomic mass is 9.95. The molecule has 0 aliphatic heterocycles. The zero-order valence-corrected chi connectivity index (χ0v) is 20.0. The summed E-state index contributed by atoms with van der Waals surface area (Å²) in [7, 11) is 0. The van der Waals surface area contributed by atoms with Crippen LogP contribution in [0.2, 0.25) is 0 Å². The predicted octanol–water partition coefficient (Wildman–Crippen LogP) is 6.19. The van der Waals surface area contributed by atoms with Crippen molar-refractivity contribution in [1.82, 2.24) is 20.1 Å². The minimum Gasteiger partial charge on any atom is -0.406 e. The molecule has 0 atom stereocenters. The first-order valence-electron chi connectivity index (χ1n) is 11.3. The molecule has 0 bridgehead atoms. The molecule has 1 amide bonds. The molecule has 4 rings (SSSR count). The van der Waals surface area contributed by atoms with E-state index in [0.29, 0.717) is 23.6 Å². The van der Waals surface area contributed by atoms with E-state index in [1.807, 2.05) is 49.4 Å². The van der Waals surface area contributed by atoms with Gasteiger partial charge in [-0.2, -0.15) is 0 Å². The molecule has 0 aliphatic rings. The summed E-state index contributed by atoms with van der Waals surface area (Å²) in [6.45, 7) is 6.46. The lowest BCUT2D eigenvalue weighted by molar-refractivity contribution is -0.274. The summed E-state index contributed by atoms with van der Waals surface area (Å²) in [5.41, 5.74) is 4.96. The van der Waals surface area contributed by atoms with Crippen molar-refractivity contribution in [1.29, 1.82) is 0 Å². The second kappa shape index (κ2) is 10.2. The van der Waals surface area contributed by atoms with Crippen LogP contribution >= 0.6 is 0 Å². The first kappa shape index (κ1) is 25.0. The maximum absolute atomic E-state index is 12.8. The molecule has 186 valence electrons. The number of aromatic nitrogens is 3. The minimum atomic E-state index is -4.74. The highest BCUT2D eigenvalue weighted by Gasteiger charge is 2.31. The molecule has 0 fully saturated rings. The third kappa shape index (κ3) is 6.10. The van der Waals surface area contributed by atoms with Crippen LogP contribution in [0.15, 0.2) is 73.1 Å². The average Bonchev–Trinajstić information content (AvgIpc) is 3.32. The van der Waals surface area contributed by atoms with Crippen molar-refractivity contribution in [3.05, 3.63) is 95.3 Å². The molecule has 36 heavy (non-hydrogen) atoms. The van der Waals surface area contributed by atoms with Gasteiger partial charge in [-0.3, -0.25) is 4.79 Å². The van der Waals surface area contributed by atoms with Crippen LogP contribution in [0, 0.1) is 6.92 Å². The third-order valence-electron chi connectivity index (χ3n) is 5.57. The number of ether oxygens (including phenoxy) is 1. The summed E-state index contributed by atoms with van der Waals surface area (Å²) >= 11 is 0. The van der Waals surface area contributed by atoms with Gasteiger partial charge in [0.15, 0.2) is 5.82 Å². The van der Waals surface area contributed by atoms with Gasteiger partial charge in [-0.15, -0.1) is 18.3 Å². The second-order valence-electron chi connectivity index (χ2n) is 8.68. The Hall–Kier alpha value is -4.14. The van der Waals surface area contributed by atoms with Crippen molar-refractivity contribution in [2.45, 2.75) is 39.6 Å². The summed E-state index contributed by atoms with van der Waals surface area (Å²) < 4.78 is 42.4. The van der Waals surface area contributed by atoms with Crippen LogP contribution in [-0.2, 0) is 6.54 Å². The number of carbonyl (C=O) groups excluding carboxylic acids is 1. The van der Waals surface area contributed by atoms with Gasteiger partial charge in [0.2, 0.25) is 0 Å². The van der Waals surface area contributed by atoms with Gasteiger partial charge in [0.05, 0.1) is 5.69 Å². The molecule has 0 spiro atoms. The number of hydrogen-bond donors (Lipinski definition) is 1. The molecular formula is C27H25F3N4O2. The van der Waals surface area contributed by atoms with Crippen LogP contribution < -0.4 is 10.1 Å². The molecule has 0 aliphatic carbocycles. The molecule has 0 unspecified atom stereocenters. The van der Waals surface area contributed by atoms with E-state index in [1.54, 1.807) is 0 Å². The maximum atomic E-state index is 12.8. The maximum Gasteiger partial charge on any atom is 0.573 e. The van der Waals surface area contributed by atoms with Gasteiger partial charge >= 0.3 is 6.36 Å². The van der Waals surface area contributed by atoms with Crippen LogP contribution in [-0.4, -0.2) is 27.0 Å². The number of nitrogens with zero attached hydrogens (tertiary/aromatic N) is 3. The Labute approximate surface area is 206 Å². The average molecular weight is 495 g/mol. The fraction of sp³-hybridized carbons (Fsp3) is 0.222. The summed E-state index contributed by atoms with van der Waals surface area (Å²) in [6, 6.07) is 18.8. The molecule has 9 heteroatoms. The van der Waals surface area contributed by atoms with Gasteiger partial charge in [0, 0.05) is 17.7 Å². The number of nitrogens with one attached hydrogen (secondary N) is 1. The van der Waals surface area contributed by atoms with Gasteiger partial charge in [-0.05, 0) is 54.3 Å². The highest BCUT2D eigenvalue weighted by Crippen LogP contribution is 2.24. The quantitative estimate of drug-likeness (QED) is 0.332. The lowest BCUT2D eigenvalue weighted by Crippen LogP contribution is -2.24. The summed E-state index contributed by atoms with van der Waals surface area (Å²) in [5, 5.41) is 7.39. The topological polar surface area (TPSA) is 69.0 Å². The third-order valence-corrected chi connectivity index (χ3v) is 5.57. The number of aryl methyl sites for hydroxylation is 1. The monoisotopic (exact) mass is 494 g/mol. The number of alkyl halides is 3. The number of amides is 1. The molecular weight excluding hydrogens is 469 g/mol. The van der Waals surface area contributed by atoms with Gasteiger partial charge in [-0.1, -0.05) is 55.8 Å². The molecule has 0 saturated heterocycles. The van der Waals surface area contributed by atoms with Crippen molar-refractivity contribution >= 4 is 5.91 Å². The highest BCUT2D eigenvalue weighted by molar-refractivity contribution is 5.96. The summed E-state index contributed by atoms with van der Waals surface area (Å²) in [6.07, 6.45) is -3.26. The molecule has 1 heterocycles. The van der Waals surface area contributed by atoms with Crippen molar-refractivity contribution in [3.8, 4) is 22.8 Å². The van der Waals surface area contributed by atoms with E-state index in [2.05, 4.69) is 34.0 Å². The van der Waals surface area contributed by atoms with Crippen LogP contribution in [0.4, 0.5) is 13.2 Å². The number of benzene rings is 3. The standard InChI is InChI=1S/C27H25F3N4O2/c1-17(2)23-13-4-18(3)14-24(23)26(35)31-15-19-5-7-20(8-6-19)25-32-16-34(33-25)21-9-11-22(12-10-21)36-27(28,29)30/h4-14,16-17H,15H2,1-3H3,(H,31,35). The van der Waals surface area contributed by atoms with Gasteiger partial charge in [0.1, 0.15) is 12.1 Å². The summed E-state index contributed by atoms with van der Waals surface area (Å²) in [5.74, 6) is 0.280. The Balaban J connectivity index is 1.40. The van der Waals surface area contributed by atoms with Gasteiger partial charge in [-0.25, -0.2) is 9.67 Å². The van der Waals surface area contributed by atoms with E-state index < -0.39 is 6.36 Å². The largest absolute Gasteiger partial charge is 0.573 e. The molecule has 3 aromatic carbocycles. The summed E-state index contributed by atoms with van der Waals surface area (Å²) in [4.78, 5) is 17.1. The van der Waals surface area contributed by atoms with Crippen LogP contribution in [0.1, 0.15) is 46.8 Å². The second-order valence-corrected chi connectivity index (χ2v) is 8.68. The molecule has 4 aromatic rings. The Morgan fingerprint density at radius 3 is 2.36 bits per heavy atom. The van der Waals surface area contributed by atoms with E-state index in [9.17, 15) is 18.0 Å². The highest BCUT2D eigenvalue weighted by atomic mass is 19.4. The Bertz CT molecular complexity index is 1340. The van der Waals surface area contributed by atoms with Gasteiger partial charge in [0.25, 0.3) is 5.91 Å². The van der Waals surface area contributed by atoms with Crippen molar-refractivity contribution < 1.29 is 22.7 Å². The van der Waals surface area contributed by atoms with Crippen molar-refractivity contribution in [3.63, 3.8) is 0 Å². The van der Waals surface area contributed by atoms with Crippen LogP contribution in [0.5, 0.6) is 5.75 Å². The van der Waals surface area contributed by atoms with Crippen LogP contribution in [0.25, 0.3) is 17.1 Å². The number of carbonyl (C=O) groups is 1. The number of rotatable bonds is 7. The Morgan fingerprint density at radius 1 is 1.03 bits per heavy atom. The fourth-order valence-corrected chi connectivity index (χ4v) is 3.74. The Kier molecular flexibility index (Phi) is 7.10. The number of hydrogen-bond acceptors (Lipinski definition) is 4. The smallest absolute Gasteiger partial charge is 0.406 e. The molecule has 0 saturated carbocycles. The lowest BCUT2D eigenvalue weighted by Gasteiger charge is -2.14. The van der Waals surface area contributed by atoms with Crippen molar-refractivity contribution in [2.24, 2.45) is 0 Å². The Morgan fingerprint density at radius 2 is 1.72 bits per heavy atom.